The number of aliphatic carboxylic acids is 1. The number of carboxylic acid groups (broad SMARTS) is 1. The van der Waals surface area contributed by atoms with Gasteiger partial charge in [0.2, 0.25) is 0 Å². The first-order valence-electron chi connectivity index (χ1n) is 3.63. The van der Waals surface area contributed by atoms with Gasteiger partial charge in [0.15, 0.2) is 6.10 Å². The van der Waals surface area contributed by atoms with Crippen LogP contribution in [0.2, 0.25) is 0 Å². The second kappa shape index (κ2) is 3.56. The van der Waals surface area contributed by atoms with Crippen molar-refractivity contribution in [3.05, 3.63) is 0 Å². The van der Waals surface area contributed by atoms with E-state index in [-0.39, 0.29) is 0 Å². The van der Waals surface area contributed by atoms with Gasteiger partial charge in [-0.2, -0.15) is 0 Å². The Morgan fingerprint density at radius 1 is 1.15 bits per heavy atom. The molecular weight excluding hydrogens is 182 g/mol. The van der Waals surface area contributed by atoms with Gasteiger partial charge in [-0.3, -0.25) is 0 Å². The summed E-state index contributed by atoms with van der Waals surface area (Å²) in [6, 6.07) is 0. The zero-order valence-electron chi connectivity index (χ0n) is 6.57. The van der Waals surface area contributed by atoms with E-state index < -0.39 is 36.6 Å². The van der Waals surface area contributed by atoms with Crippen LogP contribution in [0.25, 0.3) is 0 Å². The summed E-state index contributed by atoms with van der Waals surface area (Å²) in [6.07, 6.45) is -7.67. The van der Waals surface area contributed by atoms with Crippen LogP contribution >= 0.6 is 0 Å². The van der Waals surface area contributed by atoms with Crippen molar-refractivity contribution in [3.63, 3.8) is 0 Å². The summed E-state index contributed by atoms with van der Waals surface area (Å²) in [5, 5.41) is 35.8. The third-order valence-corrected chi connectivity index (χ3v) is 1.89. The van der Waals surface area contributed by atoms with Crippen LogP contribution in [-0.4, -0.2) is 57.0 Å². The lowest BCUT2D eigenvalue weighted by Crippen LogP contribution is -2.62. The fourth-order valence-electron chi connectivity index (χ4n) is 1.11. The molecule has 0 unspecified atom stereocenters. The molecule has 13 heavy (non-hydrogen) atoms. The van der Waals surface area contributed by atoms with Crippen LogP contribution < -0.4 is 5.73 Å². The van der Waals surface area contributed by atoms with Crippen molar-refractivity contribution in [3.8, 4) is 0 Å². The van der Waals surface area contributed by atoms with Gasteiger partial charge < -0.3 is 30.9 Å². The number of carbonyl (C=O) groups is 1. The fourth-order valence-corrected chi connectivity index (χ4v) is 1.11. The first kappa shape index (κ1) is 10.4. The highest BCUT2D eigenvalue weighted by Gasteiger charge is 2.45. The smallest absolute Gasteiger partial charge is 0.335 e. The molecule has 0 radical (unpaired) electrons. The summed E-state index contributed by atoms with van der Waals surface area (Å²) in [4.78, 5) is 10.4. The molecule has 0 aromatic heterocycles. The number of carboxylic acids is 1. The molecule has 0 saturated carbocycles. The minimum atomic E-state index is -1.67. The molecule has 0 aromatic carbocycles. The first-order valence-corrected chi connectivity index (χ1v) is 3.63. The quantitative estimate of drug-likeness (QED) is 0.296. The Hall–Kier alpha value is -0.730. The van der Waals surface area contributed by atoms with E-state index >= 15 is 0 Å². The molecule has 7 heteroatoms. The van der Waals surface area contributed by atoms with Crippen LogP contribution in [0, 0.1) is 0 Å². The van der Waals surface area contributed by atoms with E-state index in [1.807, 2.05) is 0 Å². The average Bonchev–Trinajstić information content (AvgIpc) is 2.07. The van der Waals surface area contributed by atoms with Crippen molar-refractivity contribution in [2.75, 3.05) is 0 Å². The lowest BCUT2D eigenvalue weighted by atomic mass is 9.98. The predicted octanol–water partition coefficient (Wildman–Crippen LogP) is -3.16. The molecule has 1 aliphatic heterocycles. The molecule has 0 bridgehead atoms. The largest absolute Gasteiger partial charge is 0.479 e. The lowest BCUT2D eigenvalue weighted by molar-refractivity contribution is -0.226. The normalized spacial score (nSPS) is 46.0. The molecular formula is C6H11NO6. The van der Waals surface area contributed by atoms with Crippen LogP contribution in [0.3, 0.4) is 0 Å². The van der Waals surface area contributed by atoms with Crippen LogP contribution in [0.15, 0.2) is 0 Å². The molecule has 76 valence electrons. The lowest BCUT2D eigenvalue weighted by Gasteiger charge is -2.36. The van der Waals surface area contributed by atoms with E-state index in [2.05, 4.69) is 4.74 Å². The molecule has 1 fully saturated rings. The van der Waals surface area contributed by atoms with E-state index in [9.17, 15) is 4.79 Å². The topological polar surface area (TPSA) is 133 Å². The van der Waals surface area contributed by atoms with Crippen molar-refractivity contribution in [1.82, 2.24) is 0 Å². The van der Waals surface area contributed by atoms with E-state index in [1.54, 1.807) is 0 Å². The van der Waals surface area contributed by atoms with E-state index in [0.717, 1.165) is 0 Å². The summed E-state index contributed by atoms with van der Waals surface area (Å²) < 4.78 is 4.56. The molecule has 7 nitrogen and oxygen atoms in total. The number of aliphatic hydroxyl groups excluding tert-OH is 3. The highest BCUT2D eigenvalue weighted by Crippen LogP contribution is 2.18. The minimum absolute atomic E-state index is 1.31. The summed E-state index contributed by atoms with van der Waals surface area (Å²) in [7, 11) is 0. The predicted molar refractivity (Wildman–Crippen MR) is 38.5 cm³/mol. The van der Waals surface area contributed by atoms with Gasteiger partial charge in [-0.15, -0.1) is 0 Å². The zero-order valence-corrected chi connectivity index (χ0v) is 6.57. The summed E-state index contributed by atoms with van der Waals surface area (Å²) >= 11 is 0. The second-order valence-corrected chi connectivity index (χ2v) is 2.83. The molecule has 0 aliphatic carbocycles. The van der Waals surface area contributed by atoms with Gasteiger partial charge >= 0.3 is 5.97 Å². The zero-order chi connectivity index (χ0) is 10.2. The number of rotatable bonds is 1. The second-order valence-electron chi connectivity index (χ2n) is 2.83. The monoisotopic (exact) mass is 193 g/mol. The SMILES string of the molecule is N[C@@H]1O[C@H](C(=O)O)[C@H](O)[C@H](O)[C@H]1O. The Bertz CT molecular complexity index is 209. The highest BCUT2D eigenvalue weighted by molar-refractivity contribution is 5.73. The maximum atomic E-state index is 10.4. The Labute approximate surface area is 73.4 Å². The summed E-state index contributed by atoms with van der Waals surface area (Å²) in [6.45, 7) is 0. The number of hydrogen-bond donors (Lipinski definition) is 5. The Balaban J connectivity index is 2.76. The minimum Gasteiger partial charge on any atom is -0.479 e. The van der Waals surface area contributed by atoms with Crippen LogP contribution in [0.1, 0.15) is 0 Å². The van der Waals surface area contributed by atoms with Crippen molar-refractivity contribution in [1.29, 1.82) is 0 Å². The van der Waals surface area contributed by atoms with E-state index in [1.165, 1.54) is 0 Å². The van der Waals surface area contributed by atoms with E-state index in [4.69, 9.17) is 26.2 Å². The standard InChI is InChI=1S/C6H11NO6/c7-5-3(10)1(8)2(9)4(13-5)6(11)12/h1-5,8-10H,7H2,(H,11,12)/t1-,2+,3+,4-,5+/m0/s1. The summed E-state index contributed by atoms with van der Waals surface area (Å²) in [5.41, 5.74) is 5.15. The number of nitrogens with two attached hydrogens (primary N) is 1. The molecule has 5 atom stereocenters. The maximum absolute atomic E-state index is 10.4. The number of ether oxygens (including phenoxy) is 1. The molecule has 1 saturated heterocycles. The van der Waals surface area contributed by atoms with Crippen LogP contribution in [0.4, 0.5) is 0 Å². The molecule has 1 heterocycles. The van der Waals surface area contributed by atoms with Gasteiger partial charge in [0, 0.05) is 0 Å². The number of hydrogen-bond acceptors (Lipinski definition) is 6. The van der Waals surface area contributed by atoms with Crippen LogP contribution in [0.5, 0.6) is 0 Å². The van der Waals surface area contributed by atoms with Crippen molar-refractivity contribution < 1.29 is 30.0 Å². The Kier molecular flexibility index (Phi) is 2.84. The van der Waals surface area contributed by atoms with Crippen molar-refractivity contribution in [2.24, 2.45) is 5.73 Å². The van der Waals surface area contributed by atoms with Gasteiger partial charge in [0.1, 0.15) is 24.5 Å². The van der Waals surface area contributed by atoms with Gasteiger partial charge in [0.05, 0.1) is 0 Å². The average molecular weight is 193 g/mol. The maximum Gasteiger partial charge on any atom is 0.335 e. The molecule has 0 spiro atoms. The third-order valence-electron chi connectivity index (χ3n) is 1.89. The van der Waals surface area contributed by atoms with Gasteiger partial charge in [-0.25, -0.2) is 4.79 Å². The Morgan fingerprint density at radius 3 is 2.15 bits per heavy atom. The molecule has 0 aromatic rings. The number of aliphatic hydroxyl groups is 3. The highest BCUT2D eigenvalue weighted by atomic mass is 16.6. The van der Waals surface area contributed by atoms with Gasteiger partial charge in [0.25, 0.3) is 0 Å². The summed E-state index contributed by atoms with van der Waals surface area (Å²) in [5.74, 6) is -1.44. The van der Waals surface area contributed by atoms with Crippen molar-refractivity contribution in [2.45, 2.75) is 30.6 Å². The first-order chi connectivity index (χ1) is 5.95. The van der Waals surface area contributed by atoms with Gasteiger partial charge in [-0.05, 0) is 0 Å². The van der Waals surface area contributed by atoms with Crippen LogP contribution in [-0.2, 0) is 9.53 Å². The fraction of sp³-hybridized carbons (Fsp3) is 0.833. The molecule has 0 amide bonds. The Morgan fingerprint density at radius 2 is 1.69 bits per heavy atom. The van der Waals surface area contributed by atoms with Gasteiger partial charge in [-0.1, -0.05) is 0 Å². The molecule has 6 N–H and O–H groups in total. The third kappa shape index (κ3) is 1.79. The van der Waals surface area contributed by atoms with E-state index in [0.29, 0.717) is 0 Å². The molecule has 1 rings (SSSR count). The molecule has 1 aliphatic rings. The van der Waals surface area contributed by atoms with Crippen molar-refractivity contribution >= 4 is 5.97 Å².